The molecular formula is C21H22N2O2. The molecule has 0 aliphatic carbocycles. The molecule has 2 aromatic rings. The van der Waals surface area contributed by atoms with E-state index in [1.54, 1.807) is 29.2 Å². The van der Waals surface area contributed by atoms with Crippen LogP contribution in [-0.4, -0.2) is 12.5 Å². The van der Waals surface area contributed by atoms with Crippen molar-refractivity contribution in [3.8, 4) is 5.75 Å². The lowest BCUT2D eigenvalue weighted by atomic mass is 10.1. The highest BCUT2D eigenvalue weighted by Gasteiger charge is 2.30. The number of anilines is 2. The van der Waals surface area contributed by atoms with Crippen LogP contribution in [0.25, 0.3) is 6.08 Å². The topological polar surface area (TPSA) is 55.6 Å². The molecular weight excluding hydrogens is 312 g/mol. The smallest absolute Gasteiger partial charge is 0.294 e. The summed E-state index contributed by atoms with van der Waals surface area (Å²) in [6.45, 7) is 8.34. The van der Waals surface area contributed by atoms with Crippen LogP contribution in [0.15, 0.2) is 60.4 Å². The van der Waals surface area contributed by atoms with Gasteiger partial charge in [-0.2, -0.15) is 0 Å². The molecule has 1 aliphatic heterocycles. The highest BCUT2D eigenvalue weighted by molar-refractivity contribution is 6.10. The fraction of sp³-hybridized carbons (Fsp3) is 0.190. The quantitative estimate of drug-likeness (QED) is 0.518. The Morgan fingerprint density at radius 3 is 2.60 bits per heavy atom. The summed E-state index contributed by atoms with van der Waals surface area (Å²) in [7, 11) is 0. The Kier molecular flexibility index (Phi) is 4.61. The standard InChI is InChI=1S/C21H22N2O2/c1-4-15-5-7-16(8-6-15)11-20-21(24)23(13-14(2)3)18-12-17(22)9-10-19(18)25-20/h5-12H,2,4,13,22H2,1,3H3/b20-11+. The van der Waals surface area contributed by atoms with Crippen molar-refractivity contribution in [2.45, 2.75) is 20.3 Å². The number of nitrogens with zero attached hydrogens (tertiary/aromatic N) is 1. The van der Waals surface area contributed by atoms with Gasteiger partial charge in [0.1, 0.15) is 0 Å². The number of benzene rings is 2. The van der Waals surface area contributed by atoms with Gasteiger partial charge in [0.15, 0.2) is 11.5 Å². The van der Waals surface area contributed by atoms with Crippen molar-refractivity contribution in [2.24, 2.45) is 0 Å². The SMILES string of the molecule is C=C(C)CN1C(=O)/C(=C\c2ccc(CC)cc2)Oc2ccc(N)cc21. The molecule has 1 heterocycles. The maximum absolute atomic E-state index is 12.9. The van der Waals surface area contributed by atoms with Gasteiger partial charge >= 0.3 is 0 Å². The second-order valence-corrected chi connectivity index (χ2v) is 6.28. The molecule has 2 aromatic carbocycles. The number of rotatable bonds is 4. The van der Waals surface area contributed by atoms with Gasteiger partial charge < -0.3 is 10.5 Å². The summed E-state index contributed by atoms with van der Waals surface area (Å²) >= 11 is 0. The Hall–Kier alpha value is -3.01. The summed E-state index contributed by atoms with van der Waals surface area (Å²) in [5.74, 6) is 0.718. The van der Waals surface area contributed by atoms with Gasteiger partial charge in [0.05, 0.1) is 5.69 Å². The number of hydrogen-bond donors (Lipinski definition) is 1. The summed E-state index contributed by atoms with van der Waals surface area (Å²) in [6, 6.07) is 13.4. The highest BCUT2D eigenvalue weighted by atomic mass is 16.5. The van der Waals surface area contributed by atoms with Crippen LogP contribution in [0.4, 0.5) is 11.4 Å². The monoisotopic (exact) mass is 334 g/mol. The molecule has 0 unspecified atom stereocenters. The van der Waals surface area contributed by atoms with Crippen molar-refractivity contribution in [2.75, 3.05) is 17.2 Å². The number of ether oxygens (including phenoxy) is 1. The van der Waals surface area contributed by atoms with Crippen molar-refractivity contribution in [3.63, 3.8) is 0 Å². The van der Waals surface area contributed by atoms with Crippen LogP contribution in [0, 0.1) is 0 Å². The summed E-state index contributed by atoms with van der Waals surface area (Å²) in [4.78, 5) is 14.6. The van der Waals surface area contributed by atoms with Crippen LogP contribution >= 0.6 is 0 Å². The van der Waals surface area contributed by atoms with Crippen molar-refractivity contribution in [3.05, 3.63) is 71.5 Å². The van der Waals surface area contributed by atoms with E-state index in [1.165, 1.54) is 5.56 Å². The number of carbonyl (C=O) groups excluding carboxylic acids is 1. The lowest BCUT2D eigenvalue weighted by Crippen LogP contribution is -2.38. The van der Waals surface area contributed by atoms with Crippen LogP contribution in [0.2, 0.25) is 0 Å². The molecule has 1 amide bonds. The maximum atomic E-state index is 12.9. The minimum atomic E-state index is -0.194. The molecule has 0 aromatic heterocycles. The number of carbonyl (C=O) groups is 1. The van der Waals surface area contributed by atoms with E-state index < -0.39 is 0 Å². The molecule has 0 fully saturated rings. The van der Waals surface area contributed by atoms with Gasteiger partial charge in [-0.25, -0.2) is 0 Å². The van der Waals surface area contributed by atoms with Gasteiger partial charge in [-0.15, -0.1) is 0 Å². The van der Waals surface area contributed by atoms with E-state index in [9.17, 15) is 4.79 Å². The molecule has 128 valence electrons. The molecule has 3 rings (SSSR count). The molecule has 0 saturated carbocycles. The van der Waals surface area contributed by atoms with Gasteiger partial charge in [-0.3, -0.25) is 9.69 Å². The van der Waals surface area contributed by atoms with Gasteiger partial charge in [-0.05, 0) is 48.7 Å². The summed E-state index contributed by atoms with van der Waals surface area (Å²) in [6.07, 6.45) is 2.75. The fourth-order valence-corrected chi connectivity index (χ4v) is 2.76. The summed E-state index contributed by atoms with van der Waals surface area (Å²) in [5, 5.41) is 0. The zero-order chi connectivity index (χ0) is 18.0. The normalized spacial score (nSPS) is 15.0. The molecule has 1 aliphatic rings. The molecule has 2 N–H and O–H groups in total. The third-order valence-electron chi connectivity index (χ3n) is 4.06. The summed E-state index contributed by atoms with van der Waals surface area (Å²) < 4.78 is 5.86. The van der Waals surface area contributed by atoms with Crippen molar-refractivity contribution in [1.29, 1.82) is 0 Å². The highest BCUT2D eigenvalue weighted by Crippen LogP contribution is 2.37. The predicted molar refractivity (Wildman–Crippen MR) is 102 cm³/mol. The molecule has 0 saturated heterocycles. The number of hydrogen-bond acceptors (Lipinski definition) is 3. The number of fused-ring (bicyclic) bond motifs is 1. The zero-order valence-corrected chi connectivity index (χ0v) is 14.6. The molecule has 4 heteroatoms. The third kappa shape index (κ3) is 3.58. The van der Waals surface area contributed by atoms with Gasteiger partial charge in [0.25, 0.3) is 5.91 Å². The lowest BCUT2D eigenvalue weighted by Gasteiger charge is -2.31. The van der Waals surface area contributed by atoms with E-state index in [2.05, 4.69) is 25.6 Å². The predicted octanol–water partition coefficient (Wildman–Crippen LogP) is 4.17. The number of nitrogen functional groups attached to an aromatic ring is 1. The minimum Gasteiger partial charge on any atom is -0.449 e. The Bertz CT molecular complexity index is 851. The third-order valence-corrected chi connectivity index (χ3v) is 4.06. The first-order valence-corrected chi connectivity index (χ1v) is 8.32. The Balaban J connectivity index is 2.01. The second-order valence-electron chi connectivity index (χ2n) is 6.28. The van der Waals surface area contributed by atoms with E-state index in [4.69, 9.17) is 10.5 Å². The number of amides is 1. The fourth-order valence-electron chi connectivity index (χ4n) is 2.76. The zero-order valence-electron chi connectivity index (χ0n) is 14.6. The first-order valence-electron chi connectivity index (χ1n) is 8.32. The van der Waals surface area contributed by atoms with Crippen molar-refractivity contribution in [1.82, 2.24) is 0 Å². The van der Waals surface area contributed by atoms with Crippen LogP contribution in [0.3, 0.4) is 0 Å². The molecule has 0 atom stereocenters. The van der Waals surface area contributed by atoms with Crippen LogP contribution in [-0.2, 0) is 11.2 Å². The molecule has 0 radical (unpaired) electrons. The van der Waals surface area contributed by atoms with E-state index in [1.807, 2.05) is 19.1 Å². The van der Waals surface area contributed by atoms with E-state index in [0.717, 1.165) is 17.6 Å². The number of nitrogens with two attached hydrogens (primary N) is 1. The first kappa shape index (κ1) is 16.8. The van der Waals surface area contributed by atoms with Crippen molar-refractivity contribution >= 4 is 23.4 Å². The van der Waals surface area contributed by atoms with Crippen LogP contribution in [0.5, 0.6) is 5.75 Å². The average molecular weight is 334 g/mol. The van der Waals surface area contributed by atoms with E-state index >= 15 is 0 Å². The van der Waals surface area contributed by atoms with Crippen molar-refractivity contribution < 1.29 is 9.53 Å². The Labute approximate surface area is 148 Å². The first-order chi connectivity index (χ1) is 12.0. The molecule has 0 spiro atoms. The van der Waals surface area contributed by atoms with Gasteiger partial charge in [0, 0.05) is 12.2 Å². The summed E-state index contributed by atoms with van der Waals surface area (Å²) in [5.41, 5.74) is 10.2. The van der Waals surface area contributed by atoms with E-state index in [-0.39, 0.29) is 5.91 Å². The van der Waals surface area contributed by atoms with Crippen LogP contribution in [0.1, 0.15) is 25.0 Å². The number of aryl methyl sites for hydroxylation is 1. The second kappa shape index (κ2) is 6.85. The largest absolute Gasteiger partial charge is 0.449 e. The molecule has 4 nitrogen and oxygen atoms in total. The van der Waals surface area contributed by atoms with Gasteiger partial charge in [0.2, 0.25) is 0 Å². The van der Waals surface area contributed by atoms with E-state index in [0.29, 0.717) is 29.4 Å². The van der Waals surface area contributed by atoms with Gasteiger partial charge in [-0.1, -0.05) is 43.3 Å². The Morgan fingerprint density at radius 2 is 1.96 bits per heavy atom. The molecule has 0 bridgehead atoms. The maximum Gasteiger partial charge on any atom is 0.294 e. The minimum absolute atomic E-state index is 0.194. The lowest BCUT2D eigenvalue weighted by molar-refractivity contribution is -0.117. The average Bonchev–Trinajstić information content (AvgIpc) is 2.59. The molecule has 25 heavy (non-hydrogen) atoms. The van der Waals surface area contributed by atoms with Crippen LogP contribution < -0.4 is 15.4 Å². The Morgan fingerprint density at radius 1 is 1.24 bits per heavy atom.